The number of benzene rings is 1. The first-order chi connectivity index (χ1) is 9.22. The summed E-state index contributed by atoms with van der Waals surface area (Å²) in [6, 6.07) is 5.57. The van der Waals surface area contributed by atoms with E-state index in [1.165, 1.54) is 0 Å². The second-order valence-corrected chi connectivity index (χ2v) is 4.41. The third-order valence-electron chi connectivity index (χ3n) is 3.03. The normalized spacial score (nSPS) is 10.9. The number of methoxy groups -OCH3 is 1. The van der Waals surface area contributed by atoms with Gasteiger partial charge in [-0.25, -0.2) is 0 Å². The van der Waals surface area contributed by atoms with Crippen LogP contribution >= 0.6 is 11.6 Å². The van der Waals surface area contributed by atoms with E-state index in [-0.39, 0.29) is 0 Å². The highest BCUT2D eigenvalue weighted by Gasteiger charge is 2.15. The molecule has 0 amide bonds. The molecular formula is C14H16ClNO3. The molecule has 5 heteroatoms. The second-order valence-electron chi connectivity index (χ2n) is 4.05. The van der Waals surface area contributed by atoms with E-state index in [1.54, 1.807) is 7.11 Å². The fraction of sp³-hybridized carbons (Fsp3) is 0.357. The Morgan fingerprint density at radius 1 is 1.42 bits per heavy atom. The van der Waals surface area contributed by atoms with Gasteiger partial charge in [0.1, 0.15) is 10.9 Å². The molecule has 1 heterocycles. The van der Waals surface area contributed by atoms with Crippen molar-refractivity contribution in [2.75, 3.05) is 20.3 Å². The highest BCUT2D eigenvalue weighted by molar-refractivity contribution is 6.34. The number of ether oxygens (including phenoxy) is 2. The summed E-state index contributed by atoms with van der Waals surface area (Å²) in [5.74, 6) is 0.703. The fourth-order valence-corrected chi connectivity index (χ4v) is 2.41. The lowest BCUT2D eigenvalue weighted by molar-refractivity contribution is 0.112. The quantitative estimate of drug-likeness (QED) is 0.603. The SMILES string of the molecule is CCOCCn1c(Cl)c(C=O)c2cc(OC)ccc21. The van der Waals surface area contributed by atoms with Gasteiger partial charge < -0.3 is 14.0 Å². The van der Waals surface area contributed by atoms with Crippen LogP contribution in [0.25, 0.3) is 10.9 Å². The van der Waals surface area contributed by atoms with Crippen LogP contribution in [-0.2, 0) is 11.3 Å². The van der Waals surface area contributed by atoms with Gasteiger partial charge in [-0.2, -0.15) is 0 Å². The Hall–Kier alpha value is -1.52. The van der Waals surface area contributed by atoms with E-state index in [9.17, 15) is 4.79 Å². The van der Waals surface area contributed by atoms with E-state index in [2.05, 4.69) is 0 Å². The molecule has 0 radical (unpaired) electrons. The average molecular weight is 282 g/mol. The summed E-state index contributed by atoms with van der Waals surface area (Å²) >= 11 is 6.26. The maximum atomic E-state index is 11.2. The third kappa shape index (κ3) is 2.60. The standard InChI is InChI=1S/C14H16ClNO3/c1-3-19-7-6-16-13-5-4-10(18-2)8-11(13)12(9-17)14(16)15/h4-5,8-9H,3,6-7H2,1-2H3. The minimum absolute atomic E-state index is 0.443. The molecule has 1 aromatic heterocycles. The number of nitrogens with zero attached hydrogens (tertiary/aromatic N) is 1. The lowest BCUT2D eigenvalue weighted by atomic mass is 10.2. The summed E-state index contributed by atoms with van der Waals surface area (Å²) in [5.41, 5.74) is 1.40. The highest BCUT2D eigenvalue weighted by atomic mass is 35.5. The average Bonchev–Trinajstić information content (AvgIpc) is 2.70. The number of hydrogen-bond donors (Lipinski definition) is 0. The minimum Gasteiger partial charge on any atom is -0.497 e. The molecule has 0 aliphatic carbocycles. The molecule has 0 fully saturated rings. The van der Waals surface area contributed by atoms with Crippen molar-refractivity contribution in [1.82, 2.24) is 4.57 Å². The van der Waals surface area contributed by atoms with Crippen LogP contribution in [0, 0.1) is 0 Å². The summed E-state index contributed by atoms with van der Waals surface area (Å²) in [6.07, 6.45) is 0.779. The molecule has 0 bridgehead atoms. The zero-order valence-electron chi connectivity index (χ0n) is 11.0. The molecule has 0 unspecified atom stereocenters. The van der Waals surface area contributed by atoms with Crippen LogP contribution in [0.3, 0.4) is 0 Å². The number of carbonyl (C=O) groups excluding carboxylic acids is 1. The van der Waals surface area contributed by atoms with E-state index in [4.69, 9.17) is 21.1 Å². The molecular weight excluding hydrogens is 266 g/mol. The number of halogens is 1. The Bertz CT molecular complexity index is 592. The molecule has 0 N–H and O–H groups in total. The van der Waals surface area contributed by atoms with Gasteiger partial charge in [-0.05, 0) is 25.1 Å². The largest absolute Gasteiger partial charge is 0.497 e. The second kappa shape index (κ2) is 6.08. The summed E-state index contributed by atoms with van der Waals surface area (Å²) in [6.45, 7) is 3.77. The smallest absolute Gasteiger partial charge is 0.153 e. The van der Waals surface area contributed by atoms with E-state index in [0.29, 0.717) is 36.2 Å². The topological polar surface area (TPSA) is 40.5 Å². The van der Waals surface area contributed by atoms with Crippen LogP contribution in [0.1, 0.15) is 17.3 Å². The van der Waals surface area contributed by atoms with Crippen molar-refractivity contribution < 1.29 is 14.3 Å². The Morgan fingerprint density at radius 2 is 2.21 bits per heavy atom. The fourth-order valence-electron chi connectivity index (χ4n) is 2.09. The summed E-state index contributed by atoms with van der Waals surface area (Å²) in [5, 5.41) is 1.24. The van der Waals surface area contributed by atoms with Gasteiger partial charge in [-0.1, -0.05) is 11.6 Å². The van der Waals surface area contributed by atoms with Crippen molar-refractivity contribution in [2.45, 2.75) is 13.5 Å². The van der Waals surface area contributed by atoms with Crippen LogP contribution in [0.2, 0.25) is 5.15 Å². The number of fused-ring (bicyclic) bond motifs is 1. The van der Waals surface area contributed by atoms with E-state index >= 15 is 0 Å². The predicted molar refractivity (Wildman–Crippen MR) is 75.4 cm³/mol. The van der Waals surface area contributed by atoms with Crippen LogP contribution in [0.5, 0.6) is 5.75 Å². The van der Waals surface area contributed by atoms with Crippen molar-refractivity contribution in [1.29, 1.82) is 0 Å². The van der Waals surface area contributed by atoms with Gasteiger partial charge in [0.15, 0.2) is 6.29 Å². The Balaban J connectivity index is 2.51. The molecule has 0 saturated heterocycles. The van der Waals surface area contributed by atoms with E-state index in [0.717, 1.165) is 17.2 Å². The van der Waals surface area contributed by atoms with Crippen LogP contribution in [0.4, 0.5) is 0 Å². The molecule has 0 saturated carbocycles. The Kier molecular flexibility index (Phi) is 4.45. The lowest BCUT2D eigenvalue weighted by Crippen LogP contribution is -2.05. The van der Waals surface area contributed by atoms with Gasteiger partial charge in [-0.3, -0.25) is 4.79 Å². The van der Waals surface area contributed by atoms with Gasteiger partial charge in [0, 0.05) is 18.5 Å². The van der Waals surface area contributed by atoms with Crippen molar-refractivity contribution in [3.8, 4) is 5.75 Å². The van der Waals surface area contributed by atoms with Gasteiger partial charge in [0.25, 0.3) is 0 Å². The maximum Gasteiger partial charge on any atom is 0.153 e. The molecule has 102 valence electrons. The van der Waals surface area contributed by atoms with E-state index in [1.807, 2.05) is 29.7 Å². The minimum atomic E-state index is 0.443. The molecule has 1 aromatic carbocycles. The molecule has 0 aliphatic rings. The number of aldehydes is 1. The summed E-state index contributed by atoms with van der Waals surface area (Å²) < 4.78 is 12.4. The van der Waals surface area contributed by atoms with Crippen molar-refractivity contribution in [3.63, 3.8) is 0 Å². The molecule has 19 heavy (non-hydrogen) atoms. The van der Waals surface area contributed by atoms with Crippen molar-refractivity contribution >= 4 is 28.8 Å². The first-order valence-corrected chi connectivity index (χ1v) is 6.49. The first-order valence-electron chi connectivity index (χ1n) is 6.11. The molecule has 0 spiro atoms. The van der Waals surface area contributed by atoms with Gasteiger partial charge in [-0.15, -0.1) is 0 Å². The maximum absolute atomic E-state index is 11.2. The van der Waals surface area contributed by atoms with Gasteiger partial charge in [0.2, 0.25) is 0 Å². The summed E-state index contributed by atoms with van der Waals surface area (Å²) in [7, 11) is 1.59. The van der Waals surface area contributed by atoms with Crippen molar-refractivity contribution in [3.05, 3.63) is 28.9 Å². The molecule has 0 aliphatic heterocycles. The third-order valence-corrected chi connectivity index (χ3v) is 3.43. The monoisotopic (exact) mass is 281 g/mol. The zero-order chi connectivity index (χ0) is 13.8. The predicted octanol–water partition coefficient (Wildman–Crippen LogP) is 3.15. The number of aromatic nitrogens is 1. The van der Waals surface area contributed by atoms with Crippen LogP contribution in [0.15, 0.2) is 18.2 Å². The van der Waals surface area contributed by atoms with Crippen molar-refractivity contribution in [2.24, 2.45) is 0 Å². The summed E-state index contributed by atoms with van der Waals surface area (Å²) in [4.78, 5) is 11.2. The van der Waals surface area contributed by atoms with E-state index < -0.39 is 0 Å². The van der Waals surface area contributed by atoms with Gasteiger partial charge in [0.05, 0.1) is 24.8 Å². The lowest BCUT2D eigenvalue weighted by Gasteiger charge is -2.07. The number of hydrogen-bond acceptors (Lipinski definition) is 3. The molecule has 0 atom stereocenters. The Labute approximate surface area is 116 Å². The Morgan fingerprint density at radius 3 is 2.84 bits per heavy atom. The van der Waals surface area contributed by atoms with Crippen LogP contribution in [-0.4, -0.2) is 31.2 Å². The highest BCUT2D eigenvalue weighted by Crippen LogP contribution is 2.31. The van der Waals surface area contributed by atoms with Gasteiger partial charge >= 0.3 is 0 Å². The molecule has 2 aromatic rings. The first kappa shape index (κ1) is 13.9. The molecule has 4 nitrogen and oxygen atoms in total. The van der Waals surface area contributed by atoms with Crippen LogP contribution < -0.4 is 4.74 Å². The number of rotatable bonds is 6. The molecule has 2 rings (SSSR count). The zero-order valence-corrected chi connectivity index (χ0v) is 11.7. The number of carbonyl (C=O) groups is 1.